The van der Waals surface area contributed by atoms with Gasteiger partial charge in [-0.25, -0.2) is 0 Å². The van der Waals surface area contributed by atoms with E-state index in [1.807, 2.05) is 0 Å². The van der Waals surface area contributed by atoms with Gasteiger partial charge in [-0.3, -0.25) is 4.79 Å². The first-order valence-electron chi connectivity index (χ1n) is 4.11. The van der Waals surface area contributed by atoms with Crippen LogP contribution in [0.15, 0.2) is 11.5 Å². The quantitative estimate of drug-likeness (QED) is 0.642. The fourth-order valence-corrected chi connectivity index (χ4v) is 1.32. The van der Waals surface area contributed by atoms with Crippen LogP contribution in [0.5, 0.6) is 0 Å². The van der Waals surface area contributed by atoms with Crippen LogP contribution in [-0.4, -0.2) is 30.7 Å². The molecule has 0 aromatic rings. The van der Waals surface area contributed by atoms with E-state index < -0.39 is 11.4 Å². The van der Waals surface area contributed by atoms with Crippen LogP contribution in [0, 0.1) is 12.3 Å². The number of aliphatic hydroxyl groups is 1. The van der Waals surface area contributed by atoms with Crippen molar-refractivity contribution >= 4 is 5.78 Å². The second-order valence-corrected chi connectivity index (χ2v) is 3.04. The van der Waals surface area contributed by atoms with Gasteiger partial charge in [0.2, 0.25) is 0 Å². The Hall–Kier alpha value is -1.47. The molecule has 0 radical (unpaired) electrons. The van der Waals surface area contributed by atoms with Crippen LogP contribution in [0.2, 0.25) is 0 Å². The van der Waals surface area contributed by atoms with Gasteiger partial charge < -0.3 is 14.6 Å². The molecule has 1 rings (SSSR count). The fourth-order valence-electron chi connectivity index (χ4n) is 1.32. The van der Waals surface area contributed by atoms with Crippen LogP contribution in [0.4, 0.5) is 0 Å². The lowest BCUT2D eigenvalue weighted by molar-refractivity contribution is -0.134. The van der Waals surface area contributed by atoms with Gasteiger partial charge in [-0.15, -0.1) is 6.42 Å². The minimum Gasteiger partial charge on any atom is -0.497 e. The van der Waals surface area contributed by atoms with Crippen molar-refractivity contribution in [2.24, 2.45) is 0 Å². The summed E-state index contributed by atoms with van der Waals surface area (Å²) in [4.78, 5) is 11.4. The zero-order valence-corrected chi connectivity index (χ0v) is 8.16. The second kappa shape index (κ2) is 3.72. The van der Waals surface area contributed by atoms with E-state index in [1.165, 1.54) is 14.2 Å². The molecule has 1 aliphatic carbocycles. The zero-order chi connectivity index (χ0) is 10.8. The highest BCUT2D eigenvalue weighted by Crippen LogP contribution is 2.30. The third-order valence-electron chi connectivity index (χ3n) is 2.24. The second-order valence-electron chi connectivity index (χ2n) is 3.04. The highest BCUT2D eigenvalue weighted by Gasteiger charge is 2.41. The van der Waals surface area contributed by atoms with Crippen molar-refractivity contribution in [1.82, 2.24) is 0 Å². The number of rotatable bonds is 2. The molecule has 1 atom stereocenters. The summed E-state index contributed by atoms with van der Waals surface area (Å²) in [6, 6.07) is 0. The number of ether oxygens (including phenoxy) is 2. The summed E-state index contributed by atoms with van der Waals surface area (Å²) in [5.74, 6) is 2.49. The molecule has 0 saturated carbocycles. The average molecular weight is 196 g/mol. The van der Waals surface area contributed by atoms with Crippen molar-refractivity contribution < 1.29 is 19.4 Å². The number of methoxy groups -OCH3 is 2. The van der Waals surface area contributed by atoms with Gasteiger partial charge in [-0.2, -0.15) is 0 Å². The number of terminal acetylenes is 1. The molecule has 0 spiro atoms. The minimum atomic E-state index is -1.74. The van der Waals surface area contributed by atoms with Crippen LogP contribution in [-0.2, 0) is 14.3 Å². The predicted octanol–water partition coefficient (Wildman–Crippen LogP) is 0.218. The van der Waals surface area contributed by atoms with Crippen LogP contribution >= 0.6 is 0 Å². The summed E-state index contributed by atoms with van der Waals surface area (Å²) in [6.45, 7) is 0. The van der Waals surface area contributed by atoms with Crippen LogP contribution in [0.3, 0.4) is 0 Å². The Morgan fingerprint density at radius 1 is 1.43 bits per heavy atom. The molecule has 1 unspecified atom stereocenters. The first-order valence-corrected chi connectivity index (χ1v) is 4.11. The number of allylic oxidation sites excluding steroid dienone is 1. The molecule has 0 aliphatic heterocycles. The van der Waals surface area contributed by atoms with Crippen molar-refractivity contribution in [3.8, 4) is 12.3 Å². The Bertz CT molecular complexity index is 324. The number of carbonyl (C=O) groups excluding carboxylic acids is 1. The number of hydrogen-bond donors (Lipinski definition) is 1. The van der Waals surface area contributed by atoms with E-state index in [-0.39, 0.29) is 12.8 Å². The van der Waals surface area contributed by atoms with Crippen molar-refractivity contribution in [2.45, 2.75) is 18.4 Å². The monoisotopic (exact) mass is 196 g/mol. The normalized spacial score (nSPS) is 27.1. The standard InChI is InChI=1S/C10H12O4/c1-4-10(12)6-8(14-3)7(13-2)5-9(10)11/h1,12H,5-6H2,2-3H3. The summed E-state index contributed by atoms with van der Waals surface area (Å²) in [6.07, 6.45) is 5.04. The molecule has 0 aromatic carbocycles. The summed E-state index contributed by atoms with van der Waals surface area (Å²) in [5, 5.41) is 9.71. The molecule has 0 bridgehead atoms. The predicted molar refractivity (Wildman–Crippen MR) is 49.1 cm³/mol. The highest BCUT2D eigenvalue weighted by atomic mass is 16.5. The van der Waals surface area contributed by atoms with E-state index in [4.69, 9.17) is 15.9 Å². The lowest BCUT2D eigenvalue weighted by Gasteiger charge is -2.27. The van der Waals surface area contributed by atoms with Crippen LogP contribution < -0.4 is 0 Å². The highest BCUT2D eigenvalue weighted by molar-refractivity contribution is 5.93. The topological polar surface area (TPSA) is 55.8 Å². The summed E-state index contributed by atoms with van der Waals surface area (Å²) in [5.41, 5.74) is -1.74. The number of carbonyl (C=O) groups is 1. The first kappa shape index (κ1) is 10.6. The van der Waals surface area contributed by atoms with Crippen molar-refractivity contribution in [2.75, 3.05) is 14.2 Å². The molecule has 4 heteroatoms. The van der Waals surface area contributed by atoms with E-state index in [2.05, 4.69) is 5.92 Å². The van der Waals surface area contributed by atoms with Crippen molar-refractivity contribution in [3.63, 3.8) is 0 Å². The van der Waals surface area contributed by atoms with Gasteiger partial charge in [0, 0.05) is 0 Å². The summed E-state index contributed by atoms with van der Waals surface area (Å²) in [7, 11) is 2.89. The Morgan fingerprint density at radius 2 is 2.00 bits per heavy atom. The maximum absolute atomic E-state index is 11.4. The maximum Gasteiger partial charge on any atom is 0.191 e. The largest absolute Gasteiger partial charge is 0.497 e. The molecule has 0 heterocycles. The van der Waals surface area contributed by atoms with Gasteiger partial charge in [0.1, 0.15) is 11.5 Å². The summed E-state index contributed by atoms with van der Waals surface area (Å²) < 4.78 is 9.94. The van der Waals surface area contributed by atoms with Crippen molar-refractivity contribution in [3.05, 3.63) is 11.5 Å². The third-order valence-corrected chi connectivity index (χ3v) is 2.24. The molecule has 0 amide bonds. The molecule has 1 aliphatic rings. The van der Waals surface area contributed by atoms with Gasteiger partial charge >= 0.3 is 0 Å². The number of ketones is 1. The smallest absolute Gasteiger partial charge is 0.191 e. The van der Waals surface area contributed by atoms with Gasteiger partial charge in [-0.05, 0) is 0 Å². The van der Waals surface area contributed by atoms with Gasteiger partial charge in [-0.1, -0.05) is 5.92 Å². The van der Waals surface area contributed by atoms with Gasteiger partial charge in [0.25, 0.3) is 0 Å². The Morgan fingerprint density at radius 3 is 2.43 bits per heavy atom. The Balaban J connectivity index is 3.04. The molecule has 0 saturated heterocycles. The lowest BCUT2D eigenvalue weighted by Crippen LogP contribution is -2.41. The van der Waals surface area contributed by atoms with Gasteiger partial charge in [0.05, 0.1) is 27.1 Å². The fraction of sp³-hybridized carbons (Fsp3) is 0.500. The molecule has 14 heavy (non-hydrogen) atoms. The van der Waals surface area contributed by atoms with Crippen molar-refractivity contribution in [1.29, 1.82) is 0 Å². The lowest BCUT2D eigenvalue weighted by atomic mass is 9.86. The zero-order valence-electron chi connectivity index (χ0n) is 8.16. The molecule has 1 N–H and O–H groups in total. The Labute approximate surface area is 82.5 Å². The minimum absolute atomic E-state index is 0.0258. The average Bonchev–Trinajstić information content (AvgIpc) is 2.21. The maximum atomic E-state index is 11.4. The third kappa shape index (κ3) is 1.59. The van der Waals surface area contributed by atoms with E-state index >= 15 is 0 Å². The summed E-state index contributed by atoms with van der Waals surface area (Å²) >= 11 is 0. The van der Waals surface area contributed by atoms with E-state index in [0.717, 1.165) is 0 Å². The number of Topliss-reactive ketones (excluding diaryl/α,β-unsaturated/α-hetero) is 1. The van der Waals surface area contributed by atoms with Gasteiger partial charge in [0.15, 0.2) is 11.4 Å². The molecule has 4 nitrogen and oxygen atoms in total. The molecule has 76 valence electrons. The first-order chi connectivity index (χ1) is 6.57. The Kier molecular flexibility index (Phi) is 2.82. The molecular formula is C10H12O4. The molecule has 0 fully saturated rings. The SMILES string of the molecule is C#CC1(O)CC(OC)=C(OC)CC1=O. The van der Waals surface area contributed by atoms with E-state index in [0.29, 0.717) is 11.5 Å². The van der Waals surface area contributed by atoms with Crippen LogP contribution in [0.1, 0.15) is 12.8 Å². The van der Waals surface area contributed by atoms with E-state index in [1.54, 1.807) is 0 Å². The van der Waals surface area contributed by atoms with E-state index in [9.17, 15) is 9.90 Å². The molecular weight excluding hydrogens is 184 g/mol. The molecule has 0 aromatic heterocycles. The van der Waals surface area contributed by atoms with Crippen LogP contribution in [0.25, 0.3) is 0 Å². The number of hydrogen-bond acceptors (Lipinski definition) is 4.